The molecule has 3 saturated carbocycles. The van der Waals surface area contributed by atoms with Crippen LogP contribution in [0, 0.1) is 29.1 Å². The second-order valence-electron chi connectivity index (χ2n) is 14.7. The lowest BCUT2D eigenvalue weighted by molar-refractivity contribution is 0.0929. The summed E-state index contributed by atoms with van der Waals surface area (Å²) in [7, 11) is -1.83. The molecule has 36 heavy (non-hydrogen) atoms. The van der Waals surface area contributed by atoms with Gasteiger partial charge in [0.1, 0.15) is 0 Å². The van der Waals surface area contributed by atoms with Crippen LogP contribution in [0.3, 0.4) is 0 Å². The number of allylic oxidation sites excluding steroid dienone is 4. The second-order valence-corrected chi connectivity index (χ2v) is 19.5. The zero-order valence-corrected chi connectivity index (χ0v) is 26.2. The lowest BCUT2D eigenvalue weighted by Gasteiger charge is -2.44. The summed E-state index contributed by atoms with van der Waals surface area (Å²) in [6.07, 6.45) is 19.1. The van der Waals surface area contributed by atoms with Crippen molar-refractivity contribution in [3.8, 4) is 0 Å². The molecule has 1 nitrogen and oxygen atoms in total. The molecule has 0 saturated heterocycles. The van der Waals surface area contributed by atoms with E-state index in [2.05, 4.69) is 73.7 Å². The Hall–Kier alpha value is -0.673. The van der Waals surface area contributed by atoms with E-state index in [1.165, 1.54) is 56.9 Å². The average molecular weight is 517 g/mol. The van der Waals surface area contributed by atoms with Gasteiger partial charge in [0.25, 0.3) is 0 Å². The molecule has 0 spiro atoms. The summed E-state index contributed by atoms with van der Waals surface area (Å²) in [5.41, 5.74) is 4.14. The van der Waals surface area contributed by atoms with Crippen LogP contribution in [0.1, 0.15) is 119 Å². The van der Waals surface area contributed by atoms with Crippen molar-refractivity contribution >= 4 is 8.32 Å². The van der Waals surface area contributed by atoms with Crippen molar-refractivity contribution in [2.75, 3.05) is 0 Å². The Balaban J connectivity index is 1.74. The van der Waals surface area contributed by atoms with Gasteiger partial charge in [0.2, 0.25) is 0 Å². The van der Waals surface area contributed by atoms with E-state index in [9.17, 15) is 4.39 Å². The van der Waals surface area contributed by atoms with Crippen LogP contribution in [-0.4, -0.2) is 14.4 Å². The Kier molecular flexibility index (Phi) is 9.97. The van der Waals surface area contributed by atoms with Gasteiger partial charge in [-0.25, -0.2) is 4.39 Å². The van der Waals surface area contributed by atoms with Crippen molar-refractivity contribution in [2.45, 2.75) is 143 Å². The summed E-state index contributed by atoms with van der Waals surface area (Å²) in [4.78, 5) is 0. The maximum Gasteiger partial charge on any atom is 0.192 e. The highest BCUT2D eigenvalue weighted by atomic mass is 28.4. The summed E-state index contributed by atoms with van der Waals surface area (Å²) in [6.45, 7) is 21.4. The molecule has 0 heterocycles. The van der Waals surface area contributed by atoms with Gasteiger partial charge in [-0.05, 0) is 110 Å². The molecule has 3 aliphatic rings. The van der Waals surface area contributed by atoms with Crippen molar-refractivity contribution in [3.05, 3.63) is 35.2 Å². The van der Waals surface area contributed by atoms with Gasteiger partial charge in [0.15, 0.2) is 8.32 Å². The minimum Gasteiger partial charge on any atom is -0.414 e. The summed E-state index contributed by atoms with van der Waals surface area (Å²) in [5.74, 6) is 3.20. The fourth-order valence-corrected chi connectivity index (χ4v) is 8.81. The third-order valence-electron chi connectivity index (χ3n) is 10.7. The molecule has 3 rings (SSSR count). The molecule has 3 aliphatic carbocycles. The first kappa shape index (κ1) is 29.9. The van der Waals surface area contributed by atoms with Crippen LogP contribution >= 0.6 is 0 Å². The molecule has 0 aromatic rings. The van der Waals surface area contributed by atoms with E-state index < -0.39 is 8.32 Å². The first-order valence-electron chi connectivity index (χ1n) is 15.2. The van der Waals surface area contributed by atoms with E-state index in [1.807, 2.05) is 0 Å². The number of hydrogen-bond donors (Lipinski definition) is 0. The summed E-state index contributed by atoms with van der Waals surface area (Å²) in [5, 5.41) is 0.201. The van der Waals surface area contributed by atoms with Gasteiger partial charge in [-0.1, -0.05) is 85.5 Å². The summed E-state index contributed by atoms with van der Waals surface area (Å²) >= 11 is 0. The van der Waals surface area contributed by atoms with Crippen LogP contribution in [-0.2, 0) is 4.43 Å². The van der Waals surface area contributed by atoms with Crippen LogP contribution < -0.4 is 0 Å². The number of fused-ring (bicyclic) bond motifs is 1. The topological polar surface area (TPSA) is 9.23 Å². The molecule has 0 aromatic carbocycles. The van der Waals surface area contributed by atoms with Crippen LogP contribution in [0.4, 0.5) is 4.39 Å². The zero-order valence-electron chi connectivity index (χ0n) is 25.2. The molecular formula is C33H57FOSi. The molecule has 0 radical (unpaired) electrons. The number of halogens is 1. The van der Waals surface area contributed by atoms with Gasteiger partial charge in [0, 0.05) is 6.10 Å². The van der Waals surface area contributed by atoms with Crippen molar-refractivity contribution in [1.29, 1.82) is 0 Å². The molecule has 0 N–H and O–H groups in total. The molecular weight excluding hydrogens is 459 g/mol. The first-order chi connectivity index (χ1) is 16.8. The standard InChI is InChI=1S/C33H57FOSi/c1-24(2)12-10-13-25(3)30-19-20-31-26(14-11-21-33(30,31)7)15-16-27-22-29(18-17-28(27)23-34)35-36(8,9)32(4,5)6/h15-16,23-25,29-31H,10-14,17-22H2,1-9H3/b26-15+,27-16-,28-23+/t25-,29+,30-,31+,33-/m1/s1. The molecule has 206 valence electrons. The number of hydrogen-bond acceptors (Lipinski definition) is 1. The largest absolute Gasteiger partial charge is 0.414 e. The van der Waals surface area contributed by atoms with Crippen LogP contribution in [0.25, 0.3) is 0 Å². The molecule has 0 bridgehead atoms. The predicted molar refractivity (Wildman–Crippen MR) is 157 cm³/mol. The van der Waals surface area contributed by atoms with Crippen molar-refractivity contribution in [2.24, 2.45) is 29.1 Å². The predicted octanol–water partition coefficient (Wildman–Crippen LogP) is 10.9. The highest BCUT2D eigenvalue weighted by Crippen LogP contribution is 2.60. The van der Waals surface area contributed by atoms with Crippen molar-refractivity contribution < 1.29 is 8.82 Å². The normalized spacial score (nSPS) is 34.1. The van der Waals surface area contributed by atoms with Crippen molar-refractivity contribution in [1.82, 2.24) is 0 Å². The van der Waals surface area contributed by atoms with Gasteiger partial charge >= 0.3 is 0 Å². The lowest BCUT2D eigenvalue weighted by atomic mass is 9.60. The highest BCUT2D eigenvalue weighted by Gasteiger charge is 2.50. The third-order valence-corrected chi connectivity index (χ3v) is 15.2. The molecule has 5 atom stereocenters. The Morgan fingerprint density at radius 2 is 1.75 bits per heavy atom. The van der Waals surface area contributed by atoms with E-state index >= 15 is 0 Å². The molecule has 0 amide bonds. The average Bonchev–Trinajstić information content (AvgIpc) is 3.14. The van der Waals surface area contributed by atoms with Gasteiger partial charge < -0.3 is 4.43 Å². The SMILES string of the molecule is CC(C)CCC[C@@H](C)[C@H]1CC[C@H]2/C(=C/C=C3/C[C@@H](O[Si](C)(C)C(C)(C)C)CC/C3=C\F)CCC[C@]12C. The van der Waals surface area contributed by atoms with E-state index in [-0.39, 0.29) is 11.1 Å². The minimum atomic E-state index is -1.83. The van der Waals surface area contributed by atoms with E-state index in [4.69, 9.17) is 4.43 Å². The van der Waals surface area contributed by atoms with Gasteiger partial charge in [-0.3, -0.25) is 0 Å². The third kappa shape index (κ3) is 6.85. The quantitative estimate of drug-likeness (QED) is 0.291. The fourth-order valence-electron chi connectivity index (χ4n) is 7.42. The van der Waals surface area contributed by atoms with Crippen LogP contribution in [0.5, 0.6) is 0 Å². The van der Waals surface area contributed by atoms with Gasteiger partial charge in [-0.2, -0.15) is 0 Å². The fraction of sp³-hybridized carbons (Fsp3) is 0.818. The van der Waals surface area contributed by atoms with Gasteiger partial charge in [-0.15, -0.1) is 0 Å². The Morgan fingerprint density at radius 3 is 2.39 bits per heavy atom. The molecule has 0 aliphatic heterocycles. The molecule has 3 fully saturated rings. The van der Waals surface area contributed by atoms with Crippen LogP contribution in [0.2, 0.25) is 18.1 Å². The minimum absolute atomic E-state index is 0.201. The smallest absolute Gasteiger partial charge is 0.192 e. The monoisotopic (exact) mass is 516 g/mol. The first-order valence-corrected chi connectivity index (χ1v) is 18.1. The van der Waals surface area contributed by atoms with E-state index in [1.54, 1.807) is 5.57 Å². The molecule has 0 unspecified atom stereocenters. The molecule has 3 heteroatoms. The Morgan fingerprint density at radius 1 is 1.03 bits per heavy atom. The van der Waals surface area contributed by atoms with Gasteiger partial charge in [0.05, 0.1) is 6.33 Å². The second kappa shape index (κ2) is 12.0. The Labute approximate surface area is 224 Å². The lowest BCUT2D eigenvalue weighted by Crippen LogP contribution is -2.44. The summed E-state index contributed by atoms with van der Waals surface area (Å²) in [6, 6.07) is 0. The number of rotatable bonds is 8. The van der Waals surface area contributed by atoms with Crippen LogP contribution in [0.15, 0.2) is 35.2 Å². The maximum absolute atomic E-state index is 13.9. The highest BCUT2D eigenvalue weighted by molar-refractivity contribution is 6.74. The molecule has 0 aromatic heterocycles. The van der Waals surface area contributed by atoms with E-state index in [0.29, 0.717) is 11.3 Å². The van der Waals surface area contributed by atoms with E-state index in [0.717, 1.165) is 48.9 Å². The zero-order chi connectivity index (χ0) is 26.7. The maximum atomic E-state index is 13.9. The van der Waals surface area contributed by atoms with Crippen molar-refractivity contribution in [3.63, 3.8) is 0 Å². The Bertz CT molecular complexity index is 829. The summed E-state index contributed by atoms with van der Waals surface area (Å²) < 4.78 is 20.6.